The number of piperidine rings is 1. The Balaban J connectivity index is 2.24. The van der Waals surface area contributed by atoms with Gasteiger partial charge >= 0.3 is 0 Å². The molecule has 0 aromatic heterocycles. The second-order valence-electron chi connectivity index (χ2n) is 7.78. The molecule has 0 saturated carbocycles. The van der Waals surface area contributed by atoms with Gasteiger partial charge in [-0.2, -0.15) is 5.06 Å². The van der Waals surface area contributed by atoms with Crippen molar-refractivity contribution in [3.05, 3.63) is 47.0 Å². The lowest BCUT2D eigenvalue weighted by Crippen LogP contribution is -2.58. The highest BCUT2D eigenvalue weighted by Crippen LogP contribution is 2.41. The molecule has 1 unspecified atom stereocenters. The fourth-order valence-corrected chi connectivity index (χ4v) is 3.88. The molecule has 3 heteroatoms. The number of hydrogen-bond acceptors (Lipinski definition) is 2. The van der Waals surface area contributed by atoms with Crippen LogP contribution in [0.4, 0.5) is 0 Å². The van der Waals surface area contributed by atoms with E-state index in [1.54, 1.807) is 0 Å². The summed E-state index contributed by atoms with van der Waals surface area (Å²) in [5.41, 5.74) is 1.35. The lowest BCUT2D eigenvalue weighted by atomic mass is 9.82. The quantitative estimate of drug-likeness (QED) is 0.527. The topological polar surface area (TPSA) is 12.5 Å². The molecular weight excluding hydrogens is 350 g/mol. The summed E-state index contributed by atoms with van der Waals surface area (Å²) in [6.07, 6.45) is 7.55. The summed E-state index contributed by atoms with van der Waals surface area (Å²) >= 11 is 3.51. The van der Waals surface area contributed by atoms with Crippen LogP contribution in [0.5, 0.6) is 0 Å². The molecule has 1 aliphatic rings. The predicted octanol–water partition coefficient (Wildman–Crippen LogP) is 6.43. The van der Waals surface area contributed by atoms with Crippen LogP contribution in [-0.2, 0) is 4.84 Å². The minimum absolute atomic E-state index is 0.0591. The molecule has 1 aromatic carbocycles. The van der Waals surface area contributed by atoms with E-state index in [0.29, 0.717) is 0 Å². The third-order valence-electron chi connectivity index (χ3n) is 4.78. The van der Waals surface area contributed by atoms with Crippen LogP contribution in [0.25, 0.3) is 0 Å². The van der Waals surface area contributed by atoms with Crippen LogP contribution < -0.4 is 0 Å². The molecule has 0 N–H and O–H groups in total. The van der Waals surface area contributed by atoms with Crippen molar-refractivity contribution in [1.29, 1.82) is 0 Å². The zero-order valence-electron chi connectivity index (χ0n) is 14.9. The van der Waals surface area contributed by atoms with E-state index in [2.05, 4.69) is 79.5 Å². The molecule has 1 atom stereocenters. The third-order valence-corrected chi connectivity index (χ3v) is 5.31. The molecule has 1 aromatic rings. The lowest BCUT2D eigenvalue weighted by Gasteiger charge is -2.52. The van der Waals surface area contributed by atoms with E-state index >= 15 is 0 Å². The molecule has 1 aliphatic heterocycles. The summed E-state index contributed by atoms with van der Waals surface area (Å²) in [4.78, 5) is 6.62. The van der Waals surface area contributed by atoms with Gasteiger partial charge in [-0.05, 0) is 77.5 Å². The fourth-order valence-electron chi connectivity index (χ4n) is 3.62. The predicted molar refractivity (Wildman–Crippen MR) is 101 cm³/mol. The maximum Gasteiger partial charge on any atom is 0.105 e. The Bertz CT molecular complexity index is 505. The van der Waals surface area contributed by atoms with Crippen LogP contribution >= 0.6 is 15.9 Å². The number of hydroxylamine groups is 2. The van der Waals surface area contributed by atoms with Crippen LogP contribution in [-0.4, -0.2) is 16.1 Å². The molecule has 128 valence electrons. The molecule has 0 aliphatic carbocycles. The zero-order chi connectivity index (χ0) is 17.1. The molecule has 1 saturated heterocycles. The van der Waals surface area contributed by atoms with E-state index in [9.17, 15) is 0 Å². The van der Waals surface area contributed by atoms with Gasteiger partial charge in [-0.15, -0.1) is 6.58 Å². The molecule has 23 heavy (non-hydrogen) atoms. The molecule has 0 radical (unpaired) electrons. The van der Waals surface area contributed by atoms with Gasteiger partial charge in [-0.3, -0.25) is 4.84 Å². The number of rotatable bonds is 6. The minimum atomic E-state index is 0.0591. The van der Waals surface area contributed by atoms with Crippen molar-refractivity contribution < 1.29 is 4.84 Å². The van der Waals surface area contributed by atoms with Crippen LogP contribution in [0.1, 0.15) is 71.5 Å². The second-order valence-corrected chi connectivity index (χ2v) is 8.70. The Hall–Kier alpha value is -0.640. The van der Waals surface area contributed by atoms with Crippen molar-refractivity contribution in [2.45, 2.75) is 77.0 Å². The number of halogens is 1. The first-order valence-electron chi connectivity index (χ1n) is 8.60. The van der Waals surface area contributed by atoms with Crippen molar-refractivity contribution in [2.75, 3.05) is 0 Å². The standard InChI is InChI=1S/C20H30BrNO/c1-6-7-9-18(16-10-12-17(21)13-11-16)23-22-19(2,3)14-8-15-20(22,4)5/h6,10-13,18H,1,7-9,14-15H2,2-5H3. The highest BCUT2D eigenvalue weighted by molar-refractivity contribution is 9.10. The van der Waals surface area contributed by atoms with Crippen molar-refractivity contribution in [1.82, 2.24) is 5.06 Å². The summed E-state index contributed by atoms with van der Waals surface area (Å²) < 4.78 is 1.10. The average Bonchev–Trinajstić information content (AvgIpc) is 2.46. The van der Waals surface area contributed by atoms with E-state index in [-0.39, 0.29) is 17.2 Å². The first kappa shape index (κ1) is 18.7. The van der Waals surface area contributed by atoms with E-state index in [1.807, 2.05) is 6.08 Å². The summed E-state index contributed by atoms with van der Waals surface area (Å²) in [7, 11) is 0. The van der Waals surface area contributed by atoms with Crippen molar-refractivity contribution in [2.24, 2.45) is 0 Å². The third kappa shape index (κ3) is 4.68. The molecule has 0 bridgehead atoms. The van der Waals surface area contributed by atoms with Gasteiger partial charge in [0.2, 0.25) is 0 Å². The Kier molecular flexibility index (Phi) is 6.10. The SMILES string of the molecule is C=CCCC(ON1C(C)(C)CCCC1(C)C)c1ccc(Br)cc1. The summed E-state index contributed by atoms with van der Waals surface area (Å²) in [5, 5.41) is 2.26. The van der Waals surface area contributed by atoms with Gasteiger partial charge in [-0.1, -0.05) is 34.1 Å². The van der Waals surface area contributed by atoms with E-state index in [4.69, 9.17) is 4.84 Å². The Morgan fingerprint density at radius 3 is 2.26 bits per heavy atom. The van der Waals surface area contributed by atoms with Crippen LogP contribution in [0.3, 0.4) is 0 Å². The number of allylic oxidation sites excluding steroid dienone is 1. The van der Waals surface area contributed by atoms with Gasteiger partial charge < -0.3 is 0 Å². The summed E-state index contributed by atoms with van der Waals surface area (Å²) in [5.74, 6) is 0. The van der Waals surface area contributed by atoms with Gasteiger partial charge in [0.25, 0.3) is 0 Å². The molecule has 1 fully saturated rings. The Morgan fingerprint density at radius 1 is 1.17 bits per heavy atom. The molecular formula is C20H30BrNO. The zero-order valence-corrected chi connectivity index (χ0v) is 16.5. The summed E-state index contributed by atoms with van der Waals surface area (Å²) in [6, 6.07) is 8.49. The van der Waals surface area contributed by atoms with Gasteiger partial charge in [0.05, 0.1) is 0 Å². The van der Waals surface area contributed by atoms with Crippen molar-refractivity contribution >= 4 is 15.9 Å². The van der Waals surface area contributed by atoms with E-state index in [0.717, 1.165) is 17.3 Å². The highest BCUT2D eigenvalue weighted by atomic mass is 79.9. The largest absolute Gasteiger partial charge is 0.290 e. The maximum absolute atomic E-state index is 6.62. The van der Waals surface area contributed by atoms with Crippen LogP contribution in [0.2, 0.25) is 0 Å². The molecule has 2 nitrogen and oxygen atoms in total. The second kappa shape index (κ2) is 7.50. The normalized spacial score (nSPS) is 21.8. The lowest BCUT2D eigenvalue weighted by molar-refractivity contribution is -0.308. The van der Waals surface area contributed by atoms with E-state index < -0.39 is 0 Å². The molecule has 1 heterocycles. The maximum atomic E-state index is 6.62. The van der Waals surface area contributed by atoms with Crippen molar-refractivity contribution in [3.63, 3.8) is 0 Å². The molecule has 0 amide bonds. The number of hydrogen-bond donors (Lipinski definition) is 0. The highest BCUT2D eigenvalue weighted by Gasteiger charge is 2.43. The molecule has 0 spiro atoms. The van der Waals surface area contributed by atoms with Crippen LogP contribution in [0, 0.1) is 0 Å². The van der Waals surface area contributed by atoms with Gasteiger partial charge in [0.15, 0.2) is 0 Å². The van der Waals surface area contributed by atoms with Gasteiger partial charge in [0, 0.05) is 15.6 Å². The Labute approximate surface area is 150 Å². The average molecular weight is 380 g/mol. The summed E-state index contributed by atoms with van der Waals surface area (Å²) in [6.45, 7) is 13.0. The fraction of sp³-hybridized carbons (Fsp3) is 0.600. The van der Waals surface area contributed by atoms with Gasteiger partial charge in [0.1, 0.15) is 6.10 Å². The Morgan fingerprint density at radius 2 is 1.74 bits per heavy atom. The monoisotopic (exact) mass is 379 g/mol. The molecule has 2 rings (SSSR count). The van der Waals surface area contributed by atoms with Crippen molar-refractivity contribution in [3.8, 4) is 0 Å². The van der Waals surface area contributed by atoms with Gasteiger partial charge in [-0.25, -0.2) is 0 Å². The number of nitrogens with zero attached hydrogens (tertiary/aromatic N) is 1. The van der Waals surface area contributed by atoms with E-state index in [1.165, 1.54) is 24.8 Å². The number of benzene rings is 1. The first-order chi connectivity index (χ1) is 10.8. The smallest absolute Gasteiger partial charge is 0.105 e. The first-order valence-corrected chi connectivity index (χ1v) is 9.39. The minimum Gasteiger partial charge on any atom is -0.290 e. The van der Waals surface area contributed by atoms with Crippen LogP contribution in [0.15, 0.2) is 41.4 Å².